The topological polar surface area (TPSA) is 51.6 Å². The molecule has 32 heavy (non-hydrogen) atoms. The first-order chi connectivity index (χ1) is 15.6. The minimum atomic E-state index is -0.455. The number of benzene rings is 3. The van der Waals surface area contributed by atoms with E-state index in [1.807, 2.05) is 67.6 Å². The number of carbonyl (C=O) groups excluding carboxylic acids is 1. The van der Waals surface area contributed by atoms with Crippen LogP contribution in [0.1, 0.15) is 22.3 Å². The van der Waals surface area contributed by atoms with E-state index >= 15 is 0 Å². The van der Waals surface area contributed by atoms with Gasteiger partial charge in [-0.15, -0.1) is 0 Å². The lowest BCUT2D eigenvalue weighted by Crippen LogP contribution is -2.06. The van der Waals surface area contributed by atoms with Crippen LogP contribution in [0.3, 0.4) is 0 Å². The summed E-state index contributed by atoms with van der Waals surface area (Å²) in [6, 6.07) is 26.0. The second kappa shape index (κ2) is 8.44. The fraction of sp³-hybridized carbons (Fsp3) is 0.0741. The third-order valence-electron chi connectivity index (χ3n) is 5.21. The van der Waals surface area contributed by atoms with Crippen molar-refractivity contribution in [3.63, 3.8) is 0 Å². The normalized spacial score (nSPS) is 14.6. The Kier molecular flexibility index (Phi) is 5.33. The highest BCUT2D eigenvalue weighted by Gasteiger charge is 2.25. The predicted molar refractivity (Wildman–Crippen MR) is 129 cm³/mol. The van der Waals surface area contributed by atoms with Gasteiger partial charge in [-0.05, 0) is 61.9 Å². The van der Waals surface area contributed by atoms with E-state index in [0.717, 1.165) is 43.1 Å². The summed E-state index contributed by atoms with van der Waals surface area (Å²) in [5.74, 6) is -0.121. The SMILES string of the molecule is Cc1ccc2nc(Sc3ccccc3)c(C=C3N=C(c4ccccc4C)OC3=O)cc2c1. The average molecular weight is 437 g/mol. The van der Waals surface area contributed by atoms with E-state index in [2.05, 4.69) is 30.1 Å². The lowest BCUT2D eigenvalue weighted by molar-refractivity contribution is -0.129. The second-order valence-corrected chi connectivity index (χ2v) is 8.71. The van der Waals surface area contributed by atoms with Gasteiger partial charge in [-0.1, -0.05) is 59.8 Å². The number of esters is 1. The van der Waals surface area contributed by atoms with E-state index in [-0.39, 0.29) is 5.70 Å². The lowest BCUT2D eigenvalue weighted by Gasteiger charge is -2.08. The summed E-state index contributed by atoms with van der Waals surface area (Å²) >= 11 is 1.56. The van der Waals surface area contributed by atoms with Crippen molar-refractivity contribution in [3.05, 3.63) is 107 Å². The van der Waals surface area contributed by atoms with Crippen molar-refractivity contribution >= 4 is 40.6 Å². The molecule has 5 rings (SSSR count). The van der Waals surface area contributed by atoms with Crippen molar-refractivity contribution < 1.29 is 9.53 Å². The Morgan fingerprint density at radius 3 is 2.50 bits per heavy atom. The van der Waals surface area contributed by atoms with E-state index in [4.69, 9.17) is 9.72 Å². The van der Waals surface area contributed by atoms with Crippen LogP contribution >= 0.6 is 11.8 Å². The molecular formula is C27H20N2O2S. The molecule has 0 bridgehead atoms. The zero-order valence-corrected chi connectivity index (χ0v) is 18.5. The van der Waals surface area contributed by atoms with Crippen molar-refractivity contribution in [2.45, 2.75) is 23.8 Å². The van der Waals surface area contributed by atoms with Crippen LogP contribution in [0.5, 0.6) is 0 Å². The summed E-state index contributed by atoms with van der Waals surface area (Å²) in [6.45, 7) is 4.02. The first-order valence-corrected chi connectivity index (χ1v) is 11.1. The molecule has 0 saturated carbocycles. The summed E-state index contributed by atoms with van der Waals surface area (Å²) in [7, 11) is 0. The maximum atomic E-state index is 12.6. The maximum Gasteiger partial charge on any atom is 0.363 e. The fourth-order valence-electron chi connectivity index (χ4n) is 3.56. The molecule has 5 heteroatoms. The van der Waals surface area contributed by atoms with Gasteiger partial charge in [0.1, 0.15) is 5.03 Å². The average Bonchev–Trinajstić information content (AvgIpc) is 3.15. The third kappa shape index (κ3) is 4.07. The lowest BCUT2D eigenvalue weighted by atomic mass is 10.1. The molecule has 4 nitrogen and oxygen atoms in total. The van der Waals surface area contributed by atoms with Crippen LogP contribution in [0.25, 0.3) is 17.0 Å². The Morgan fingerprint density at radius 1 is 0.906 bits per heavy atom. The highest BCUT2D eigenvalue weighted by molar-refractivity contribution is 7.99. The minimum Gasteiger partial charge on any atom is -0.402 e. The van der Waals surface area contributed by atoms with Crippen LogP contribution in [-0.2, 0) is 9.53 Å². The maximum absolute atomic E-state index is 12.6. The summed E-state index contributed by atoms with van der Waals surface area (Å²) in [4.78, 5) is 23.1. The number of nitrogens with zero attached hydrogens (tertiary/aromatic N) is 2. The number of aryl methyl sites for hydroxylation is 2. The van der Waals surface area contributed by atoms with Gasteiger partial charge in [-0.3, -0.25) is 0 Å². The van der Waals surface area contributed by atoms with Crippen molar-refractivity contribution in [2.24, 2.45) is 4.99 Å². The van der Waals surface area contributed by atoms with Gasteiger partial charge in [0, 0.05) is 21.4 Å². The van der Waals surface area contributed by atoms with Gasteiger partial charge < -0.3 is 4.74 Å². The summed E-state index contributed by atoms with van der Waals surface area (Å²) in [5.41, 5.74) is 4.99. The summed E-state index contributed by atoms with van der Waals surface area (Å²) in [5, 5.41) is 1.83. The highest BCUT2D eigenvalue weighted by atomic mass is 32.2. The number of carbonyl (C=O) groups is 1. The van der Waals surface area contributed by atoms with Crippen molar-refractivity contribution in [3.8, 4) is 0 Å². The Bertz CT molecular complexity index is 1410. The number of ether oxygens (including phenoxy) is 1. The van der Waals surface area contributed by atoms with Crippen LogP contribution in [0.2, 0.25) is 0 Å². The molecule has 156 valence electrons. The van der Waals surface area contributed by atoms with Crippen LogP contribution in [0, 0.1) is 13.8 Å². The van der Waals surface area contributed by atoms with E-state index in [1.54, 1.807) is 17.8 Å². The van der Waals surface area contributed by atoms with Gasteiger partial charge in [-0.25, -0.2) is 14.8 Å². The van der Waals surface area contributed by atoms with Gasteiger partial charge in [0.2, 0.25) is 5.90 Å². The standard InChI is InChI=1S/C27H20N2O2S/c1-17-12-13-23-19(14-17)15-20(26(29-23)32-21-9-4-3-5-10-21)16-24-27(30)31-25(28-24)22-11-7-6-8-18(22)2/h3-16H,1-2H3. The number of fused-ring (bicyclic) bond motifs is 1. The van der Waals surface area contributed by atoms with Crippen LogP contribution in [-0.4, -0.2) is 16.9 Å². The molecule has 0 unspecified atom stereocenters. The molecule has 0 N–H and O–H groups in total. The molecule has 0 fully saturated rings. The van der Waals surface area contributed by atoms with Crippen LogP contribution in [0.15, 0.2) is 99.5 Å². The highest BCUT2D eigenvalue weighted by Crippen LogP contribution is 2.33. The number of aromatic nitrogens is 1. The molecule has 3 aromatic carbocycles. The molecule has 0 radical (unpaired) electrons. The molecule has 0 amide bonds. The quantitative estimate of drug-likeness (QED) is 0.276. The molecule has 1 aliphatic rings. The number of aliphatic imine (C=N–C) groups is 1. The fourth-order valence-corrected chi connectivity index (χ4v) is 4.46. The van der Waals surface area contributed by atoms with E-state index in [0.29, 0.717) is 5.90 Å². The second-order valence-electron chi connectivity index (χ2n) is 7.64. The number of cyclic esters (lactones) is 1. The van der Waals surface area contributed by atoms with Gasteiger partial charge >= 0.3 is 5.97 Å². The van der Waals surface area contributed by atoms with E-state index < -0.39 is 5.97 Å². The summed E-state index contributed by atoms with van der Waals surface area (Å²) < 4.78 is 5.49. The molecule has 1 aliphatic heterocycles. The first-order valence-electron chi connectivity index (χ1n) is 10.3. The Morgan fingerprint density at radius 2 is 1.69 bits per heavy atom. The summed E-state index contributed by atoms with van der Waals surface area (Å²) in [6.07, 6.45) is 1.77. The number of hydrogen-bond acceptors (Lipinski definition) is 5. The zero-order valence-electron chi connectivity index (χ0n) is 17.7. The number of pyridine rings is 1. The molecule has 2 heterocycles. The smallest absolute Gasteiger partial charge is 0.363 e. The Labute approximate surface area is 190 Å². The minimum absolute atomic E-state index is 0.270. The Balaban J connectivity index is 1.62. The van der Waals surface area contributed by atoms with Gasteiger partial charge in [0.15, 0.2) is 5.70 Å². The third-order valence-corrected chi connectivity index (χ3v) is 6.24. The van der Waals surface area contributed by atoms with Crippen LogP contribution < -0.4 is 0 Å². The molecule has 0 spiro atoms. The van der Waals surface area contributed by atoms with Gasteiger partial charge in [-0.2, -0.15) is 0 Å². The molecule has 1 aromatic heterocycles. The zero-order chi connectivity index (χ0) is 22.1. The number of hydrogen-bond donors (Lipinski definition) is 0. The van der Waals surface area contributed by atoms with E-state index in [1.165, 1.54) is 0 Å². The van der Waals surface area contributed by atoms with Crippen molar-refractivity contribution in [2.75, 3.05) is 0 Å². The van der Waals surface area contributed by atoms with Crippen LogP contribution in [0.4, 0.5) is 0 Å². The van der Waals surface area contributed by atoms with E-state index in [9.17, 15) is 4.79 Å². The monoisotopic (exact) mass is 436 g/mol. The van der Waals surface area contributed by atoms with Crippen molar-refractivity contribution in [1.82, 2.24) is 4.98 Å². The van der Waals surface area contributed by atoms with Gasteiger partial charge in [0.25, 0.3) is 0 Å². The molecule has 0 aliphatic carbocycles. The molecule has 4 aromatic rings. The van der Waals surface area contributed by atoms with Gasteiger partial charge in [0.05, 0.1) is 5.52 Å². The molecule has 0 atom stereocenters. The Hall–Kier alpha value is -3.70. The predicted octanol–water partition coefficient (Wildman–Crippen LogP) is 6.35. The van der Waals surface area contributed by atoms with Crippen molar-refractivity contribution in [1.29, 1.82) is 0 Å². The molecule has 0 saturated heterocycles. The first kappa shape index (κ1) is 20.2. The number of rotatable bonds is 4. The largest absolute Gasteiger partial charge is 0.402 e. The molecular weight excluding hydrogens is 416 g/mol.